The Hall–Kier alpha value is -1.09. The average Bonchev–Trinajstić information content (AvgIpc) is 2.07. The van der Waals surface area contributed by atoms with Crippen molar-refractivity contribution in [3.8, 4) is 5.75 Å². The first-order valence-corrected chi connectivity index (χ1v) is 4.81. The van der Waals surface area contributed by atoms with Gasteiger partial charge < -0.3 is 10.1 Å². The molecule has 1 aliphatic rings. The van der Waals surface area contributed by atoms with Gasteiger partial charge in [0.1, 0.15) is 17.7 Å². The lowest BCUT2D eigenvalue weighted by Gasteiger charge is -2.28. The molecule has 1 aliphatic heterocycles. The molecule has 76 valence electrons. The van der Waals surface area contributed by atoms with Crippen LogP contribution in [0.25, 0.3) is 0 Å². The van der Waals surface area contributed by atoms with E-state index in [2.05, 4.69) is 5.32 Å². The van der Waals surface area contributed by atoms with Crippen LogP contribution in [0.15, 0.2) is 12.1 Å². The van der Waals surface area contributed by atoms with E-state index in [1.54, 1.807) is 6.92 Å². The highest BCUT2D eigenvalue weighted by molar-refractivity contribution is 5.35. The molecule has 0 spiro atoms. The van der Waals surface area contributed by atoms with Crippen molar-refractivity contribution >= 4 is 0 Å². The molecule has 0 aliphatic carbocycles. The van der Waals surface area contributed by atoms with E-state index in [0.717, 1.165) is 18.7 Å². The van der Waals surface area contributed by atoms with Crippen molar-refractivity contribution in [3.05, 3.63) is 29.1 Å². The highest BCUT2D eigenvalue weighted by Crippen LogP contribution is 2.21. The maximum Gasteiger partial charge on any atom is 0.130 e. The number of hydrogen-bond acceptors (Lipinski definition) is 2. The molecular weight excluding hydrogens is 181 g/mol. The van der Waals surface area contributed by atoms with E-state index in [9.17, 15) is 4.39 Å². The maximum absolute atomic E-state index is 13.3. The lowest BCUT2D eigenvalue weighted by molar-refractivity contribution is 0.141. The maximum atomic E-state index is 13.3. The number of ether oxygens (including phenoxy) is 1. The topological polar surface area (TPSA) is 21.3 Å². The quantitative estimate of drug-likeness (QED) is 0.776. The van der Waals surface area contributed by atoms with Gasteiger partial charge >= 0.3 is 0 Å². The molecule has 0 unspecified atom stereocenters. The SMILES string of the molecule is Cc1cc(OC2CNC2)cc(F)c1C. The van der Waals surface area contributed by atoms with E-state index < -0.39 is 0 Å². The summed E-state index contributed by atoms with van der Waals surface area (Å²) in [7, 11) is 0. The van der Waals surface area contributed by atoms with E-state index in [-0.39, 0.29) is 11.9 Å². The van der Waals surface area contributed by atoms with Gasteiger partial charge in [-0.3, -0.25) is 0 Å². The van der Waals surface area contributed by atoms with Gasteiger partial charge in [-0.15, -0.1) is 0 Å². The minimum absolute atomic E-state index is 0.188. The molecule has 0 amide bonds. The van der Waals surface area contributed by atoms with Gasteiger partial charge in [0.15, 0.2) is 0 Å². The largest absolute Gasteiger partial charge is 0.488 e. The van der Waals surface area contributed by atoms with Crippen molar-refractivity contribution < 1.29 is 9.13 Å². The Labute approximate surface area is 83.1 Å². The van der Waals surface area contributed by atoms with Crippen LogP contribution >= 0.6 is 0 Å². The van der Waals surface area contributed by atoms with Crippen molar-refractivity contribution in [2.24, 2.45) is 0 Å². The van der Waals surface area contributed by atoms with Gasteiger partial charge in [0.05, 0.1) is 0 Å². The molecule has 1 aromatic rings. The molecule has 2 rings (SSSR count). The Morgan fingerprint density at radius 3 is 2.57 bits per heavy atom. The number of nitrogens with one attached hydrogen (secondary N) is 1. The molecule has 0 aromatic heterocycles. The Kier molecular flexibility index (Phi) is 2.42. The fourth-order valence-electron chi connectivity index (χ4n) is 1.39. The van der Waals surface area contributed by atoms with Crippen molar-refractivity contribution in [2.45, 2.75) is 20.0 Å². The van der Waals surface area contributed by atoms with Gasteiger partial charge in [0, 0.05) is 19.2 Å². The predicted molar refractivity (Wildman–Crippen MR) is 53.2 cm³/mol. The lowest BCUT2D eigenvalue weighted by atomic mass is 10.1. The van der Waals surface area contributed by atoms with Crippen molar-refractivity contribution in [3.63, 3.8) is 0 Å². The van der Waals surface area contributed by atoms with Crippen LogP contribution in [0.1, 0.15) is 11.1 Å². The number of benzene rings is 1. The van der Waals surface area contributed by atoms with E-state index in [1.165, 1.54) is 6.07 Å². The average molecular weight is 195 g/mol. The fourth-order valence-corrected chi connectivity index (χ4v) is 1.39. The molecule has 1 heterocycles. The third-order valence-corrected chi connectivity index (χ3v) is 2.62. The summed E-state index contributed by atoms with van der Waals surface area (Å²) in [4.78, 5) is 0. The van der Waals surface area contributed by atoms with Crippen LogP contribution in [0.3, 0.4) is 0 Å². The third kappa shape index (κ3) is 1.73. The Morgan fingerprint density at radius 1 is 1.36 bits per heavy atom. The number of halogens is 1. The second-order valence-electron chi connectivity index (χ2n) is 3.75. The fraction of sp³-hybridized carbons (Fsp3) is 0.455. The molecule has 1 aromatic carbocycles. The van der Waals surface area contributed by atoms with Crippen molar-refractivity contribution in [1.82, 2.24) is 5.32 Å². The van der Waals surface area contributed by atoms with E-state index in [1.807, 2.05) is 13.0 Å². The second kappa shape index (κ2) is 3.58. The molecule has 0 bridgehead atoms. The van der Waals surface area contributed by atoms with Gasteiger partial charge in [0.25, 0.3) is 0 Å². The first kappa shape index (κ1) is 9.46. The first-order valence-electron chi connectivity index (χ1n) is 4.81. The zero-order valence-corrected chi connectivity index (χ0v) is 8.43. The number of hydrogen-bond donors (Lipinski definition) is 1. The molecule has 1 fully saturated rings. The van der Waals surface area contributed by atoms with E-state index in [4.69, 9.17) is 4.74 Å². The van der Waals surface area contributed by atoms with Gasteiger partial charge in [0.2, 0.25) is 0 Å². The van der Waals surface area contributed by atoms with Crippen LogP contribution in [0.4, 0.5) is 4.39 Å². The summed E-state index contributed by atoms with van der Waals surface area (Å²) in [6.45, 7) is 5.38. The highest BCUT2D eigenvalue weighted by atomic mass is 19.1. The molecule has 0 radical (unpaired) electrons. The third-order valence-electron chi connectivity index (χ3n) is 2.62. The van der Waals surface area contributed by atoms with Crippen LogP contribution in [0.5, 0.6) is 5.75 Å². The number of aryl methyl sites for hydroxylation is 1. The summed E-state index contributed by atoms with van der Waals surface area (Å²) in [6.07, 6.45) is 0.205. The molecule has 1 N–H and O–H groups in total. The summed E-state index contributed by atoms with van der Waals surface area (Å²) in [6, 6.07) is 3.34. The van der Waals surface area contributed by atoms with Crippen LogP contribution in [0, 0.1) is 19.7 Å². The van der Waals surface area contributed by atoms with Gasteiger partial charge in [-0.2, -0.15) is 0 Å². The monoisotopic (exact) mass is 195 g/mol. The van der Waals surface area contributed by atoms with Crippen LogP contribution in [-0.4, -0.2) is 19.2 Å². The van der Waals surface area contributed by atoms with Crippen LogP contribution < -0.4 is 10.1 Å². The summed E-state index contributed by atoms with van der Waals surface area (Å²) in [5.74, 6) is 0.449. The molecule has 0 saturated carbocycles. The van der Waals surface area contributed by atoms with Crippen LogP contribution in [-0.2, 0) is 0 Å². The molecule has 3 heteroatoms. The minimum Gasteiger partial charge on any atom is -0.488 e. The molecule has 1 saturated heterocycles. The molecule has 2 nitrogen and oxygen atoms in total. The smallest absolute Gasteiger partial charge is 0.130 e. The summed E-state index contributed by atoms with van der Waals surface area (Å²) in [5.41, 5.74) is 1.64. The highest BCUT2D eigenvalue weighted by Gasteiger charge is 2.18. The minimum atomic E-state index is -0.188. The summed E-state index contributed by atoms with van der Waals surface area (Å²) < 4.78 is 18.9. The summed E-state index contributed by atoms with van der Waals surface area (Å²) in [5, 5.41) is 3.10. The van der Waals surface area contributed by atoms with E-state index >= 15 is 0 Å². The molecular formula is C11H14FNO. The van der Waals surface area contributed by atoms with Gasteiger partial charge in [-0.25, -0.2) is 4.39 Å². The zero-order valence-electron chi connectivity index (χ0n) is 8.43. The normalized spacial score (nSPS) is 16.5. The zero-order chi connectivity index (χ0) is 10.1. The second-order valence-corrected chi connectivity index (χ2v) is 3.75. The van der Waals surface area contributed by atoms with Crippen molar-refractivity contribution in [2.75, 3.05) is 13.1 Å². The Bertz CT molecular complexity index is 324. The molecule has 14 heavy (non-hydrogen) atoms. The lowest BCUT2D eigenvalue weighted by Crippen LogP contribution is -2.50. The predicted octanol–water partition coefficient (Wildman–Crippen LogP) is 1.79. The Balaban J connectivity index is 2.17. The molecule has 0 atom stereocenters. The standard InChI is InChI=1S/C11H14FNO/c1-7-3-9(4-11(12)8(7)2)14-10-5-13-6-10/h3-4,10,13H,5-6H2,1-2H3. The Morgan fingerprint density at radius 2 is 2.07 bits per heavy atom. The van der Waals surface area contributed by atoms with Gasteiger partial charge in [-0.05, 0) is 31.0 Å². The first-order chi connectivity index (χ1) is 6.66. The van der Waals surface area contributed by atoms with E-state index in [0.29, 0.717) is 11.3 Å². The summed E-state index contributed by atoms with van der Waals surface area (Å²) >= 11 is 0. The number of rotatable bonds is 2. The van der Waals surface area contributed by atoms with Crippen molar-refractivity contribution in [1.29, 1.82) is 0 Å². The van der Waals surface area contributed by atoms with Gasteiger partial charge in [-0.1, -0.05) is 0 Å². The van der Waals surface area contributed by atoms with Crippen LogP contribution in [0.2, 0.25) is 0 Å².